The van der Waals surface area contributed by atoms with Crippen LogP contribution in [0.4, 0.5) is 22.1 Å². The standard InChI is InChI=1S/C28H17BN2S2/c1-3-11-22-18(8-1)21-16-17-32-28(21)31-24-13-5-4-12-23(24)30(29(22)31)25-14-7-10-20-19-9-2-6-15-26(19)33-27(20)25/h1-17H. The maximum atomic E-state index is 2.56. The molecule has 0 amide bonds. The number of thiophene rings is 2. The number of anilines is 4. The van der Waals surface area contributed by atoms with Crippen molar-refractivity contribution in [3.8, 4) is 11.1 Å². The van der Waals surface area contributed by atoms with E-state index in [0.717, 1.165) is 0 Å². The Kier molecular flexibility index (Phi) is 3.54. The van der Waals surface area contributed by atoms with Gasteiger partial charge in [0.1, 0.15) is 0 Å². The van der Waals surface area contributed by atoms with Gasteiger partial charge in [0.2, 0.25) is 0 Å². The van der Waals surface area contributed by atoms with Crippen molar-refractivity contribution in [1.29, 1.82) is 0 Å². The Bertz CT molecular complexity index is 1720. The summed E-state index contributed by atoms with van der Waals surface area (Å²) in [6.45, 7) is 0.0977. The number of hydrogen-bond donors (Lipinski definition) is 0. The van der Waals surface area contributed by atoms with E-state index in [2.05, 4.69) is 112 Å². The molecule has 2 aromatic heterocycles. The predicted molar refractivity (Wildman–Crippen MR) is 145 cm³/mol. The molecule has 0 saturated carbocycles. The third-order valence-electron chi connectivity index (χ3n) is 6.93. The minimum absolute atomic E-state index is 0.0977. The van der Waals surface area contributed by atoms with Gasteiger partial charge in [0.15, 0.2) is 0 Å². The van der Waals surface area contributed by atoms with Crippen molar-refractivity contribution < 1.29 is 0 Å². The molecule has 0 N–H and O–H groups in total. The van der Waals surface area contributed by atoms with E-state index in [0.29, 0.717) is 0 Å². The van der Waals surface area contributed by atoms with Crippen molar-refractivity contribution in [3.05, 3.63) is 102 Å². The van der Waals surface area contributed by atoms with Crippen LogP contribution in [0.15, 0.2) is 102 Å². The summed E-state index contributed by atoms with van der Waals surface area (Å²) in [5.74, 6) is 0. The molecular formula is C28H17BN2S2. The molecule has 8 rings (SSSR count). The number of benzene rings is 4. The smallest absolute Gasteiger partial charge is 0.359 e. The summed E-state index contributed by atoms with van der Waals surface area (Å²) >= 11 is 3.74. The second-order valence-electron chi connectivity index (χ2n) is 8.58. The topological polar surface area (TPSA) is 6.48 Å². The van der Waals surface area contributed by atoms with Crippen LogP contribution < -0.4 is 15.1 Å². The average molecular weight is 456 g/mol. The molecule has 154 valence electrons. The van der Waals surface area contributed by atoms with Crippen LogP contribution in [0, 0.1) is 0 Å². The van der Waals surface area contributed by atoms with E-state index in [1.807, 2.05) is 22.7 Å². The molecule has 2 aliphatic rings. The second-order valence-corrected chi connectivity index (χ2v) is 10.5. The largest absolute Gasteiger partial charge is 0.422 e. The van der Waals surface area contributed by atoms with Gasteiger partial charge in [-0.2, -0.15) is 0 Å². The minimum Gasteiger partial charge on any atom is -0.359 e. The number of rotatable bonds is 1. The van der Waals surface area contributed by atoms with E-state index < -0.39 is 0 Å². The fourth-order valence-corrected chi connectivity index (χ4v) is 7.76. The molecule has 0 atom stereocenters. The summed E-state index contributed by atoms with van der Waals surface area (Å²) in [6.07, 6.45) is 0. The maximum absolute atomic E-state index is 2.56. The molecular weight excluding hydrogens is 439 g/mol. The molecule has 0 aliphatic carbocycles. The Morgan fingerprint density at radius 2 is 1.30 bits per heavy atom. The van der Waals surface area contributed by atoms with Crippen molar-refractivity contribution in [3.63, 3.8) is 0 Å². The Morgan fingerprint density at radius 1 is 0.576 bits per heavy atom. The number of para-hydroxylation sites is 2. The molecule has 2 aliphatic heterocycles. The quantitative estimate of drug-likeness (QED) is 0.233. The fourth-order valence-electron chi connectivity index (χ4n) is 5.59. The van der Waals surface area contributed by atoms with Gasteiger partial charge in [-0.15, -0.1) is 22.7 Å². The van der Waals surface area contributed by atoms with Crippen LogP contribution in [0.5, 0.6) is 0 Å². The zero-order valence-corrected chi connectivity index (χ0v) is 19.2. The van der Waals surface area contributed by atoms with Gasteiger partial charge in [-0.05, 0) is 46.7 Å². The Morgan fingerprint density at radius 3 is 2.24 bits per heavy atom. The fraction of sp³-hybridized carbons (Fsp3) is 0. The molecule has 5 heteroatoms. The van der Waals surface area contributed by atoms with Gasteiger partial charge < -0.3 is 9.62 Å². The van der Waals surface area contributed by atoms with E-state index in [9.17, 15) is 0 Å². The van der Waals surface area contributed by atoms with Gasteiger partial charge in [-0.25, -0.2) is 0 Å². The van der Waals surface area contributed by atoms with Crippen LogP contribution >= 0.6 is 22.7 Å². The lowest BCUT2D eigenvalue weighted by atomic mass is 9.60. The minimum atomic E-state index is 0.0977. The van der Waals surface area contributed by atoms with Crippen molar-refractivity contribution in [2.24, 2.45) is 0 Å². The zero-order chi connectivity index (χ0) is 21.5. The van der Waals surface area contributed by atoms with Gasteiger partial charge in [-0.1, -0.05) is 66.7 Å². The third-order valence-corrected chi connectivity index (χ3v) is 9.05. The first-order valence-electron chi connectivity index (χ1n) is 11.1. The van der Waals surface area contributed by atoms with E-state index in [1.54, 1.807) is 0 Å². The summed E-state index contributed by atoms with van der Waals surface area (Å²) in [4.78, 5) is 5.11. The van der Waals surface area contributed by atoms with Crippen LogP contribution in [-0.2, 0) is 0 Å². The summed E-state index contributed by atoms with van der Waals surface area (Å²) in [7, 11) is 0. The van der Waals surface area contributed by atoms with E-state index >= 15 is 0 Å². The second kappa shape index (κ2) is 6.50. The molecule has 0 unspecified atom stereocenters. The lowest BCUT2D eigenvalue weighted by Gasteiger charge is -2.34. The zero-order valence-electron chi connectivity index (χ0n) is 17.6. The molecule has 0 saturated heterocycles. The van der Waals surface area contributed by atoms with Crippen molar-refractivity contribution >= 4 is 77.4 Å². The van der Waals surface area contributed by atoms with Gasteiger partial charge in [0.25, 0.3) is 0 Å². The van der Waals surface area contributed by atoms with Crippen LogP contribution in [-0.4, -0.2) is 6.98 Å². The van der Waals surface area contributed by atoms with E-state index in [4.69, 9.17) is 0 Å². The molecule has 4 heterocycles. The molecule has 2 nitrogen and oxygen atoms in total. The summed E-state index contributed by atoms with van der Waals surface area (Å²) < 4.78 is 2.69. The van der Waals surface area contributed by atoms with Crippen LogP contribution in [0.1, 0.15) is 0 Å². The van der Waals surface area contributed by atoms with Crippen molar-refractivity contribution in [2.75, 3.05) is 9.62 Å². The van der Waals surface area contributed by atoms with Gasteiger partial charge in [0.05, 0.1) is 21.1 Å². The van der Waals surface area contributed by atoms with Gasteiger partial charge >= 0.3 is 6.98 Å². The van der Waals surface area contributed by atoms with Gasteiger partial charge in [0, 0.05) is 26.7 Å². The first kappa shape index (κ1) is 18.0. The third kappa shape index (κ3) is 2.28. The molecule has 0 fully saturated rings. The van der Waals surface area contributed by atoms with Crippen molar-refractivity contribution in [1.82, 2.24) is 0 Å². The molecule has 0 radical (unpaired) electrons. The normalized spacial score (nSPS) is 13.9. The monoisotopic (exact) mass is 456 g/mol. The number of hydrogen-bond acceptors (Lipinski definition) is 4. The maximum Gasteiger partial charge on any atom is 0.422 e. The number of nitrogens with zero attached hydrogens (tertiary/aromatic N) is 2. The summed E-state index contributed by atoms with van der Waals surface area (Å²) in [5.41, 5.74) is 7.86. The van der Waals surface area contributed by atoms with E-state index in [1.165, 1.54) is 58.8 Å². The average Bonchev–Trinajstić information content (AvgIpc) is 3.58. The highest BCUT2D eigenvalue weighted by molar-refractivity contribution is 7.26. The highest BCUT2D eigenvalue weighted by Gasteiger charge is 2.48. The van der Waals surface area contributed by atoms with Crippen LogP contribution in [0.25, 0.3) is 31.3 Å². The lowest BCUT2D eigenvalue weighted by Crippen LogP contribution is -2.55. The molecule has 0 bridgehead atoms. The Hall–Kier alpha value is -3.54. The van der Waals surface area contributed by atoms with Crippen LogP contribution in [0.2, 0.25) is 0 Å². The van der Waals surface area contributed by atoms with Gasteiger partial charge in [-0.3, -0.25) is 0 Å². The summed E-state index contributed by atoms with van der Waals surface area (Å²) in [6, 6.07) is 35.6. The lowest BCUT2D eigenvalue weighted by molar-refractivity contribution is 1.42. The highest BCUT2D eigenvalue weighted by atomic mass is 32.1. The summed E-state index contributed by atoms with van der Waals surface area (Å²) in [5, 5.41) is 6.23. The molecule has 33 heavy (non-hydrogen) atoms. The first-order valence-corrected chi connectivity index (χ1v) is 12.8. The molecule has 4 aromatic carbocycles. The molecule has 6 aromatic rings. The Balaban J connectivity index is 1.47. The first-order chi connectivity index (χ1) is 16.4. The number of fused-ring (bicyclic) bond motifs is 11. The highest BCUT2D eigenvalue weighted by Crippen LogP contribution is 2.54. The van der Waals surface area contributed by atoms with E-state index in [-0.39, 0.29) is 6.98 Å². The Labute approximate surface area is 200 Å². The predicted octanol–water partition coefficient (Wildman–Crippen LogP) is 7.78. The van der Waals surface area contributed by atoms with Crippen molar-refractivity contribution in [2.45, 2.75) is 0 Å². The van der Waals surface area contributed by atoms with Crippen LogP contribution in [0.3, 0.4) is 0 Å². The molecule has 0 spiro atoms. The SMILES string of the molecule is c1ccc2c(c1)B1N(c3ccccc3N1c1cccc3c1sc1ccccc13)c1sccc1-2.